The second kappa shape index (κ2) is 8.53. The molecule has 4 rings (SSSR count). The molecule has 1 atom stereocenters. The van der Waals surface area contributed by atoms with Crippen LogP contribution in [0.2, 0.25) is 5.02 Å². The zero-order chi connectivity index (χ0) is 21.3. The standard InChI is InChI=1S/C22H19ClN2O4S/c1-13-2-4-14(5-3-13)10-19-21(27)25(22(28)30-19)9-8-24-20(26)18-12-15-11-16(23)6-7-17(15)29-18/h2-7,10-11,18H,8-9,12H2,1H3,(H,24,26)/b19-10-. The van der Waals surface area contributed by atoms with Gasteiger partial charge in [-0.3, -0.25) is 19.3 Å². The van der Waals surface area contributed by atoms with Crippen LogP contribution in [0, 0.1) is 6.92 Å². The first-order valence-corrected chi connectivity index (χ1v) is 10.6. The average Bonchev–Trinajstić information content (AvgIpc) is 3.25. The molecule has 0 aliphatic carbocycles. The van der Waals surface area contributed by atoms with Gasteiger partial charge in [0.25, 0.3) is 17.1 Å². The first-order chi connectivity index (χ1) is 14.4. The van der Waals surface area contributed by atoms with Gasteiger partial charge in [0.05, 0.1) is 4.91 Å². The van der Waals surface area contributed by atoms with E-state index in [1.165, 1.54) is 0 Å². The van der Waals surface area contributed by atoms with Crippen molar-refractivity contribution in [2.75, 3.05) is 13.1 Å². The van der Waals surface area contributed by atoms with Crippen molar-refractivity contribution in [2.45, 2.75) is 19.4 Å². The van der Waals surface area contributed by atoms with Crippen LogP contribution >= 0.6 is 23.4 Å². The van der Waals surface area contributed by atoms with Gasteiger partial charge in [-0.2, -0.15) is 0 Å². The number of halogens is 1. The predicted molar refractivity (Wildman–Crippen MR) is 116 cm³/mol. The normalized spacial score (nSPS) is 19.2. The highest BCUT2D eigenvalue weighted by atomic mass is 35.5. The van der Waals surface area contributed by atoms with Crippen LogP contribution in [-0.4, -0.2) is 41.1 Å². The molecule has 3 amide bonds. The highest BCUT2D eigenvalue weighted by Crippen LogP contribution is 2.32. The third-order valence-electron chi connectivity index (χ3n) is 4.87. The summed E-state index contributed by atoms with van der Waals surface area (Å²) in [5.41, 5.74) is 2.86. The van der Waals surface area contributed by atoms with E-state index in [2.05, 4.69) is 5.32 Å². The maximum absolute atomic E-state index is 12.6. The summed E-state index contributed by atoms with van der Waals surface area (Å²) in [7, 11) is 0. The zero-order valence-electron chi connectivity index (χ0n) is 16.2. The minimum absolute atomic E-state index is 0.104. The number of ether oxygens (including phenoxy) is 1. The van der Waals surface area contributed by atoms with Crippen molar-refractivity contribution in [3.63, 3.8) is 0 Å². The number of hydrogen-bond donors (Lipinski definition) is 1. The molecule has 2 heterocycles. The third kappa shape index (κ3) is 4.37. The van der Waals surface area contributed by atoms with E-state index in [0.717, 1.165) is 33.4 Å². The SMILES string of the molecule is Cc1ccc(/C=C2\SC(=O)N(CCNC(=O)C3Cc4cc(Cl)ccc4O3)C2=O)cc1. The lowest BCUT2D eigenvalue weighted by molar-refractivity contribution is -0.128. The fourth-order valence-corrected chi connectivity index (χ4v) is 4.33. The lowest BCUT2D eigenvalue weighted by Gasteiger charge is -2.15. The maximum atomic E-state index is 12.6. The van der Waals surface area contributed by atoms with Crippen LogP contribution in [0.15, 0.2) is 47.4 Å². The van der Waals surface area contributed by atoms with Gasteiger partial charge >= 0.3 is 0 Å². The Morgan fingerprint density at radius 2 is 2.03 bits per heavy atom. The number of imide groups is 1. The lowest BCUT2D eigenvalue weighted by Crippen LogP contribution is -2.42. The van der Waals surface area contributed by atoms with Gasteiger partial charge in [0.15, 0.2) is 6.10 Å². The molecule has 2 aliphatic heterocycles. The van der Waals surface area contributed by atoms with E-state index >= 15 is 0 Å². The van der Waals surface area contributed by atoms with Gasteiger partial charge in [-0.05, 0) is 54.1 Å². The highest BCUT2D eigenvalue weighted by Gasteiger charge is 2.35. The summed E-state index contributed by atoms with van der Waals surface area (Å²) in [4.78, 5) is 38.7. The monoisotopic (exact) mass is 442 g/mol. The van der Waals surface area contributed by atoms with E-state index in [0.29, 0.717) is 22.1 Å². The Hall–Kier alpha value is -2.77. The van der Waals surface area contributed by atoms with Crippen LogP contribution in [0.25, 0.3) is 6.08 Å². The van der Waals surface area contributed by atoms with E-state index < -0.39 is 6.10 Å². The number of nitrogens with one attached hydrogen (secondary N) is 1. The number of rotatable bonds is 5. The van der Waals surface area contributed by atoms with Crippen LogP contribution < -0.4 is 10.1 Å². The van der Waals surface area contributed by atoms with Crippen LogP contribution in [0.3, 0.4) is 0 Å². The Kier molecular flexibility index (Phi) is 5.83. The molecule has 1 fully saturated rings. The number of fused-ring (bicyclic) bond motifs is 1. The summed E-state index contributed by atoms with van der Waals surface area (Å²) in [5, 5.41) is 2.99. The highest BCUT2D eigenvalue weighted by molar-refractivity contribution is 8.18. The van der Waals surface area contributed by atoms with Gasteiger partial charge in [0, 0.05) is 24.5 Å². The van der Waals surface area contributed by atoms with Gasteiger partial charge in [-0.1, -0.05) is 41.4 Å². The zero-order valence-corrected chi connectivity index (χ0v) is 17.8. The van der Waals surface area contributed by atoms with Crippen molar-refractivity contribution in [1.29, 1.82) is 0 Å². The summed E-state index contributed by atoms with van der Waals surface area (Å²) < 4.78 is 5.65. The molecule has 6 nitrogen and oxygen atoms in total. The number of hydrogen-bond acceptors (Lipinski definition) is 5. The Morgan fingerprint density at radius 1 is 1.27 bits per heavy atom. The van der Waals surface area contributed by atoms with Crippen molar-refractivity contribution in [3.05, 3.63) is 69.1 Å². The number of carbonyl (C=O) groups excluding carboxylic acids is 3. The molecule has 0 spiro atoms. The molecule has 0 saturated carbocycles. The molecule has 0 aromatic heterocycles. The molecule has 8 heteroatoms. The molecule has 2 aliphatic rings. The molecule has 1 N–H and O–H groups in total. The number of aryl methyl sites for hydroxylation is 1. The summed E-state index contributed by atoms with van der Waals surface area (Å²) >= 11 is 6.88. The quantitative estimate of drug-likeness (QED) is 0.713. The smallest absolute Gasteiger partial charge is 0.293 e. The van der Waals surface area contributed by atoms with Crippen LogP contribution in [0.1, 0.15) is 16.7 Å². The van der Waals surface area contributed by atoms with Crippen LogP contribution in [-0.2, 0) is 16.0 Å². The summed E-state index contributed by atoms with van der Waals surface area (Å²) in [6.45, 7) is 2.25. The first kappa shape index (κ1) is 20.5. The van der Waals surface area contributed by atoms with Gasteiger partial charge in [0.2, 0.25) is 0 Å². The lowest BCUT2D eigenvalue weighted by atomic mass is 10.1. The van der Waals surface area contributed by atoms with Crippen molar-refractivity contribution in [3.8, 4) is 5.75 Å². The Labute approximate surface area is 183 Å². The summed E-state index contributed by atoms with van der Waals surface area (Å²) in [6.07, 6.45) is 1.50. The number of amides is 3. The van der Waals surface area contributed by atoms with Crippen molar-refractivity contribution < 1.29 is 19.1 Å². The fraction of sp³-hybridized carbons (Fsp3) is 0.227. The van der Waals surface area contributed by atoms with E-state index in [1.807, 2.05) is 31.2 Å². The van der Waals surface area contributed by atoms with E-state index in [1.54, 1.807) is 24.3 Å². The second-order valence-electron chi connectivity index (χ2n) is 7.10. The third-order valence-corrected chi connectivity index (χ3v) is 6.02. The van der Waals surface area contributed by atoms with Crippen LogP contribution in [0.4, 0.5) is 4.79 Å². The molecule has 30 heavy (non-hydrogen) atoms. The summed E-state index contributed by atoms with van der Waals surface area (Å²) in [5.74, 6) is 0.00946. The molecule has 2 aromatic carbocycles. The van der Waals surface area contributed by atoms with E-state index in [9.17, 15) is 14.4 Å². The minimum Gasteiger partial charge on any atom is -0.480 e. The van der Waals surface area contributed by atoms with E-state index in [-0.39, 0.29) is 30.1 Å². The topological polar surface area (TPSA) is 75.7 Å². The molecule has 2 aromatic rings. The molecule has 1 saturated heterocycles. The van der Waals surface area contributed by atoms with E-state index in [4.69, 9.17) is 16.3 Å². The van der Waals surface area contributed by atoms with Crippen molar-refractivity contribution in [2.24, 2.45) is 0 Å². The number of carbonyl (C=O) groups is 3. The van der Waals surface area contributed by atoms with Gasteiger partial charge < -0.3 is 10.1 Å². The maximum Gasteiger partial charge on any atom is 0.293 e. The number of nitrogens with zero attached hydrogens (tertiary/aromatic N) is 1. The Morgan fingerprint density at radius 3 is 2.80 bits per heavy atom. The van der Waals surface area contributed by atoms with Crippen molar-refractivity contribution >= 4 is 46.5 Å². The Bertz CT molecular complexity index is 1050. The average molecular weight is 443 g/mol. The second-order valence-corrected chi connectivity index (χ2v) is 8.53. The summed E-state index contributed by atoms with van der Waals surface area (Å²) in [6, 6.07) is 12.9. The molecular formula is C22H19ClN2O4S. The molecule has 0 radical (unpaired) electrons. The largest absolute Gasteiger partial charge is 0.480 e. The number of benzene rings is 2. The predicted octanol–water partition coefficient (Wildman–Crippen LogP) is 3.80. The molecule has 154 valence electrons. The van der Waals surface area contributed by atoms with Gasteiger partial charge in [-0.25, -0.2) is 0 Å². The molecule has 0 bridgehead atoms. The number of thioether (sulfide) groups is 1. The minimum atomic E-state index is -0.644. The molecule has 1 unspecified atom stereocenters. The fourth-order valence-electron chi connectivity index (χ4n) is 3.27. The first-order valence-electron chi connectivity index (χ1n) is 9.45. The molecular weight excluding hydrogens is 424 g/mol. The van der Waals surface area contributed by atoms with Crippen molar-refractivity contribution in [1.82, 2.24) is 10.2 Å². The van der Waals surface area contributed by atoms with Gasteiger partial charge in [0.1, 0.15) is 5.75 Å². The Balaban J connectivity index is 1.31. The van der Waals surface area contributed by atoms with Gasteiger partial charge in [-0.15, -0.1) is 0 Å². The van der Waals surface area contributed by atoms with Crippen LogP contribution in [0.5, 0.6) is 5.75 Å².